The fourth-order valence-electron chi connectivity index (χ4n) is 1.65. The van der Waals surface area contributed by atoms with Crippen molar-refractivity contribution in [2.24, 2.45) is 7.05 Å². The first kappa shape index (κ1) is 11.2. The maximum atomic E-state index is 11.7. The second-order valence-corrected chi connectivity index (χ2v) is 3.80. The Balaban J connectivity index is 2.43. The van der Waals surface area contributed by atoms with E-state index in [1.54, 1.807) is 43.7 Å². The molecular weight excluding hydrogens is 220 g/mol. The number of carbonyl (C=O) groups is 1. The summed E-state index contributed by atoms with van der Waals surface area (Å²) in [6.45, 7) is 0. The van der Waals surface area contributed by atoms with Gasteiger partial charge in [0.25, 0.3) is 0 Å². The summed E-state index contributed by atoms with van der Waals surface area (Å²) in [4.78, 5) is 22.3. The predicted molar refractivity (Wildman–Crippen MR) is 62.3 cm³/mol. The smallest absolute Gasteiger partial charge is 0.332 e. The molecule has 0 spiro atoms. The van der Waals surface area contributed by atoms with Gasteiger partial charge in [-0.15, -0.1) is 0 Å². The molecule has 1 heterocycles. The largest absolute Gasteiger partial charge is 0.481 e. The summed E-state index contributed by atoms with van der Waals surface area (Å²) in [5, 5.41) is 8.71. The molecule has 2 rings (SSSR count). The van der Waals surface area contributed by atoms with Crippen LogP contribution in [0, 0.1) is 0 Å². The highest BCUT2D eigenvalue weighted by Gasteiger charge is 2.05. The van der Waals surface area contributed by atoms with Crippen molar-refractivity contribution in [3.63, 3.8) is 0 Å². The molecule has 0 aliphatic rings. The molecule has 17 heavy (non-hydrogen) atoms. The molecule has 5 nitrogen and oxygen atoms in total. The number of benzene rings is 1. The number of aromatic nitrogens is 2. The first-order chi connectivity index (χ1) is 8.08. The minimum Gasteiger partial charge on any atom is -0.481 e. The molecule has 1 N–H and O–H groups in total. The van der Waals surface area contributed by atoms with E-state index in [-0.39, 0.29) is 12.1 Å². The van der Waals surface area contributed by atoms with Gasteiger partial charge in [-0.05, 0) is 17.7 Å². The molecule has 2 aromatic rings. The van der Waals surface area contributed by atoms with Gasteiger partial charge in [0.05, 0.1) is 12.1 Å². The standard InChI is InChI=1S/C12H12N2O3/c1-13-5-6-14(12(13)17)10-4-2-3-9(7-10)8-11(15)16/h2-7H,8H2,1H3,(H,15,16). The van der Waals surface area contributed by atoms with Crippen LogP contribution in [0.3, 0.4) is 0 Å². The third-order valence-corrected chi connectivity index (χ3v) is 2.49. The van der Waals surface area contributed by atoms with Gasteiger partial charge in [0.15, 0.2) is 0 Å². The molecule has 0 radical (unpaired) electrons. The molecule has 0 bridgehead atoms. The lowest BCUT2D eigenvalue weighted by molar-refractivity contribution is -0.136. The maximum absolute atomic E-state index is 11.7. The van der Waals surface area contributed by atoms with E-state index in [2.05, 4.69) is 0 Å². The molecule has 0 aliphatic heterocycles. The maximum Gasteiger partial charge on any atom is 0.332 e. The van der Waals surface area contributed by atoms with Crippen LogP contribution in [-0.4, -0.2) is 20.2 Å². The minimum absolute atomic E-state index is 0.0462. The lowest BCUT2D eigenvalue weighted by Gasteiger charge is -2.03. The van der Waals surface area contributed by atoms with Crippen LogP contribution in [0.1, 0.15) is 5.56 Å². The molecule has 0 amide bonds. The number of carboxylic acids is 1. The van der Waals surface area contributed by atoms with Crippen molar-refractivity contribution in [2.75, 3.05) is 0 Å². The van der Waals surface area contributed by atoms with Crippen LogP contribution in [0.15, 0.2) is 41.5 Å². The highest BCUT2D eigenvalue weighted by molar-refractivity contribution is 5.70. The van der Waals surface area contributed by atoms with Crippen LogP contribution in [0.2, 0.25) is 0 Å². The SMILES string of the molecule is Cn1ccn(-c2cccc(CC(=O)O)c2)c1=O. The summed E-state index contributed by atoms with van der Waals surface area (Å²) >= 11 is 0. The summed E-state index contributed by atoms with van der Waals surface area (Å²) in [7, 11) is 1.67. The number of rotatable bonds is 3. The summed E-state index contributed by atoms with van der Waals surface area (Å²) in [6.07, 6.45) is 3.27. The van der Waals surface area contributed by atoms with E-state index in [0.29, 0.717) is 11.3 Å². The molecule has 0 unspecified atom stereocenters. The summed E-state index contributed by atoms with van der Waals surface area (Å²) < 4.78 is 2.94. The van der Waals surface area contributed by atoms with Crippen LogP contribution in [0.25, 0.3) is 5.69 Å². The number of imidazole rings is 1. The van der Waals surface area contributed by atoms with Gasteiger partial charge < -0.3 is 9.67 Å². The van der Waals surface area contributed by atoms with Gasteiger partial charge in [-0.3, -0.25) is 9.36 Å². The number of hydrogen-bond acceptors (Lipinski definition) is 2. The highest BCUT2D eigenvalue weighted by Crippen LogP contribution is 2.09. The molecule has 0 fully saturated rings. The molecule has 0 saturated carbocycles. The topological polar surface area (TPSA) is 64.2 Å². The Morgan fingerprint density at radius 1 is 1.35 bits per heavy atom. The third-order valence-electron chi connectivity index (χ3n) is 2.49. The van der Waals surface area contributed by atoms with Gasteiger partial charge in [0, 0.05) is 19.4 Å². The van der Waals surface area contributed by atoms with E-state index < -0.39 is 5.97 Å². The predicted octanol–water partition coefficient (Wildman–Crippen LogP) is 0.803. The second-order valence-electron chi connectivity index (χ2n) is 3.80. The molecule has 0 aliphatic carbocycles. The van der Waals surface area contributed by atoms with E-state index in [0.717, 1.165) is 0 Å². The zero-order valence-corrected chi connectivity index (χ0v) is 9.33. The van der Waals surface area contributed by atoms with Crippen LogP contribution in [-0.2, 0) is 18.3 Å². The van der Waals surface area contributed by atoms with Crippen molar-refractivity contribution in [1.82, 2.24) is 9.13 Å². The molecule has 1 aromatic heterocycles. The van der Waals surface area contributed by atoms with Crippen molar-refractivity contribution in [3.05, 3.63) is 52.7 Å². The van der Waals surface area contributed by atoms with Crippen molar-refractivity contribution < 1.29 is 9.90 Å². The van der Waals surface area contributed by atoms with Gasteiger partial charge in [0.1, 0.15) is 0 Å². The van der Waals surface area contributed by atoms with Crippen LogP contribution in [0.4, 0.5) is 0 Å². The lowest BCUT2D eigenvalue weighted by atomic mass is 10.1. The summed E-state index contributed by atoms with van der Waals surface area (Å²) in [6, 6.07) is 6.95. The van der Waals surface area contributed by atoms with Gasteiger partial charge in [-0.1, -0.05) is 12.1 Å². The van der Waals surface area contributed by atoms with Crippen LogP contribution < -0.4 is 5.69 Å². The fourth-order valence-corrected chi connectivity index (χ4v) is 1.65. The Kier molecular flexibility index (Phi) is 2.82. The Morgan fingerprint density at radius 3 is 2.71 bits per heavy atom. The molecule has 1 aromatic carbocycles. The normalized spacial score (nSPS) is 10.4. The molecule has 5 heteroatoms. The Hall–Kier alpha value is -2.30. The fraction of sp³-hybridized carbons (Fsp3) is 0.167. The highest BCUT2D eigenvalue weighted by atomic mass is 16.4. The number of aliphatic carboxylic acids is 1. The molecule has 0 atom stereocenters. The summed E-state index contributed by atoms with van der Waals surface area (Å²) in [5.74, 6) is -0.887. The first-order valence-corrected chi connectivity index (χ1v) is 5.13. The quantitative estimate of drug-likeness (QED) is 0.851. The van der Waals surface area contributed by atoms with Gasteiger partial charge in [-0.2, -0.15) is 0 Å². The van der Waals surface area contributed by atoms with E-state index in [1.807, 2.05) is 0 Å². The Morgan fingerprint density at radius 2 is 2.12 bits per heavy atom. The second kappa shape index (κ2) is 4.29. The Labute approximate surface area is 97.5 Å². The van der Waals surface area contributed by atoms with Crippen LogP contribution >= 0.6 is 0 Å². The molecular formula is C12H12N2O3. The van der Waals surface area contributed by atoms with E-state index in [9.17, 15) is 9.59 Å². The number of aryl methyl sites for hydroxylation is 1. The summed E-state index contributed by atoms with van der Waals surface area (Å²) in [5.41, 5.74) is 1.19. The van der Waals surface area contributed by atoms with Crippen molar-refractivity contribution in [3.8, 4) is 5.69 Å². The number of nitrogens with zero attached hydrogens (tertiary/aromatic N) is 2. The van der Waals surface area contributed by atoms with Crippen LogP contribution in [0.5, 0.6) is 0 Å². The minimum atomic E-state index is -0.887. The number of carboxylic acid groups (broad SMARTS) is 1. The average Bonchev–Trinajstić information content (AvgIpc) is 2.59. The van der Waals surface area contributed by atoms with E-state index in [4.69, 9.17) is 5.11 Å². The Bertz CT molecular complexity index is 610. The van der Waals surface area contributed by atoms with Crippen molar-refractivity contribution in [2.45, 2.75) is 6.42 Å². The average molecular weight is 232 g/mol. The van der Waals surface area contributed by atoms with Gasteiger partial charge in [-0.25, -0.2) is 4.79 Å². The molecule has 88 valence electrons. The first-order valence-electron chi connectivity index (χ1n) is 5.13. The zero-order chi connectivity index (χ0) is 12.4. The monoisotopic (exact) mass is 232 g/mol. The van der Waals surface area contributed by atoms with E-state index in [1.165, 1.54) is 9.13 Å². The van der Waals surface area contributed by atoms with E-state index >= 15 is 0 Å². The van der Waals surface area contributed by atoms with Crippen molar-refractivity contribution in [1.29, 1.82) is 0 Å². The third kappa shape index (κ3) is 2.28. The molecule has 0 saturated heterocycles. The van der Waals surface area contributed by atoms with Gasteiger partial charge in [0.2, 0.25) is 0 Å². The lowest BCUT2D eigenvalue weighted by Crippen LogP contribution is -2.20. The number of hydrogen-bond donors (Lipinski definition) is 1. The van der Waals surface area contributed by atoms with Gasteiger partial charge >= 0.3 is 11.7 Å². The zero-order valence-electron chi connectivity index (χ0n) is 9.33. The van der Waals surface area contributed by atoms with Crippen molar-refractivity contribution >= 4 is 5.97 Å².